The quantitative estimate of drug-likeness (QED) is 0.365. The summed E-state index contributed by atoms with van der Waals surface area (Å²) >= 11 is 0. The minimum Gasteiger partial charge on any atom is -0.353 e. The van der Waals surface area contributed by atoms with Crippen molar-refractivity contribution in [3.05, 3.63) is 76.9 Å². The maximum Gasteiger partial charge on any atom is 0.353 e. The minimum atomic E-state index is -0.424. The Morgan fingerprint density at radius 1 is 0.939 bits per heavy atom. The van der Waals surface area contributed by atoms with Gasteiger partial charge < -0.3 is 15.1 Å². The van der Waals surface area contributed by atoms with Crippen molar-refractivity contribution in [3.63, 3.8) is 0 Å². The first-order chi connectivity index (χ1) is 16.1. The zero-order valence-corrected chi connectivity index (χ0v) is 18.0. The topological polar surface area (TPSA) is 113 Å². The van der Waals surface area contributed by atoms with Gasteiger partial charge in [0.15, 0.2) is 0 Å². The fourth-order valence-electron chi connectivity index (χ4n) is 4.02. The van der Waals surface area contributed by atoms with E-state index in [2.05, 4.69) is 30.2 Å². The van der Waals surface area contributed by atoms with Gasteiger partial charge in [-0.2, -0.15) is 0 Å². The summed E-state index contributed by atoms with van der Waals surface area (Å²) in [5, 5.41) is 16.2. The van der Waals surface area contributed by atoms with Gasteiger partial charge in [-0.25, -0.2) is 15.0 Å². The maximum atomic E-state index is 12.1. The number of aromatic nitrogens is 4. The summed E-state index contributed by atoms with van der Waals surface area (Å²) in [6.45, 7) is 4.46. The third-order valence-corrected chi connectivity index (χ3v) is 5.65. The van der Waals surface area contributed by atoms with Gasteiger partial charge >= 0.3 is 5.69 Å². The molecule has 1 aromatic carbocycles. The van der Waals surface area contributed by atoms with Crippen LogP contribution in [-0.2, 0) is 0 Å². The molecule has 33 heavy (non-hydrogen) atoms. The van der Waals surface area contributed by atoms with Gasteiger partial charge in [-0.1, -0.05) is 24.3 Å². The SMILES string of the molecule is Cc1ccc2cccc(Nc3ncnc(N4CCN(c5ccccn5)CC4)c3[N+](=O)[O-])c2n1. The highest BCUT2D eigenvalue weighted by molar-refractivity contribution is 5.93. The molecule has 1 aliphatic heterocycles. The first kappa shape index (κ1) is 20.6. The molecule has 0 aliphatic carbocycles. The largest absolute Gasteiger partial charge is 0.353 e. The molecule has 5 rings (SSSR count). The second kappa shape index (κ2) is 8.65. The van der Waals surface area contributed by atoms with E-state index in [9.17, 15) is 10.1 Å². The highest BCUT2D eigenvalue weighted by Crippen LogP contribution is 2.35. The lowest BCUT2D eigenvalue weighted by molar-refractivity contribution is -0.383. The second-order valence-electron chi connectivity index (χ2n) is 7.77. The Morgan fingerprint density at radius 2 is 1.76 bits per heavy atom. The van der Waals surface area contributed by atoms with E-state index in [4.69, 9.17) is 0 Å². The first-order valence-electron chi connectivity index (χ1n) is 10.6. The Labute approximate surface area is 190 Å². The molecule has 4 aromatic rings. The van der Waals surface area contributed by atoms with E-state index < -0.39 is 4.92 Å². The summed E-state index contributed by atoms with van der Waals surface area (Å²) in [6.07, 6.45) is 3.12. The van der Waals surface area contributed by atoms with Crippen LogP contribution in [0.5, 0.6) is 0 Å². The van der Waals surface area contributed by atoms with E-state index in [1.165, 1.54) is 6.33 Å². The number of nitro groups is 1. The van der Waals surface area contributed by atoms with Gasteiger partial charge in [0, 0.05) is 43.5 Å². The van der Waals surface area contributed by atoms with Crippen LogP contribution in [-0.4, -0.2) is 51.0 Å². The Kier molecular flexibility index (Phi) is 5.39. The molecule has 0 amide bonds. The fourth-order valence-corrected chi connectivity index (χ4v) is 4.02. The molecule has 1 fully saturated rings. The van der Waals surface area contributed by atoms with E-state index in [0.717, 1.165) is 22.4 Å². The summed E-state index contributed by atoms with van der Waals surface area (Å²) in [7, 11) is 0. The standard InChI is InChI=1S/C23H22N8O2/c1-16-8-9-17-5-4-6-18(20(17)27-16)28-22-21(31(32)33)23(26-15-25-22)30-13-11-29(12-14-30)19-7-2-3-10-24-19/h2-10,15H,11-14H2,1H3,(H,25,26,28). The van der Waals surface area contributed by atoms with Gasteiger partial charge in [-0.15, -0.1) is 0 Å². The van der Waals surface area contributed by atoms with Crippen LogP contribution in [0, 0.1) is 17.0 Å². The molecule has 1 aliphatic rings. The first-order valence-corrected chi connectivity index (χ1v) is 10.6. The summed E-state index contributed by atoms with van der Waals surface area (Å²) in [4.78, 5) is 33.2. The lowest BCUT2D eigenvalue weighted by Crippen LogP contribution is -2.47. The zero-order valence-electron chi connectivity index (χ0n) is 18.0. The van der Waals surface area contributed by atoms with Crippen molar-refractivity contribution in [1.82, 2.24) is 19.9 Å². The summed E-state index contributed by atoms with van der Waals surface area (Å²) in [5.74, 6) is 1.35. The van der Waals surface area contributed by atoms with Crippen LogP contribution in [0.1, 0.15) is 5.69 Å². The molecule has 0 saturated carbocycles. The van der Waals surface area contributed by atoms with E-state index in [1.54, 1.807) is 6.20 Å². The van der Waals surface area contributed by atoms with E-state index in [-0.39, 0.29) is 11.5 Å². The predicted molar refractivity (Wildman–Crippen MR) is 127 cm³/mol. The van der Waals surface area contributed by atoms with Gasteiger partial charge in [-0.3, -0.25) is 15.1 Å². The Hall–Kier alpha value is -4.34. The number of pyridine rings is 2. The number of hydrogen-bond acceptors (Lipinski definition) is 9. The van der Waals surface area contributed by atoms with Crippen LogP contribution in [0.25, 0.3) is 10.9 Å². The molecule has 10 heteroatoms. The lowest BCUT2D eigenvalue weighted by Gasteiger charge is -2.35. The van der Waals surface area contributed by atoms with Crippen LogP contribution in [0.4, 0.5) is 28.8 Å². The predicted octanol–water partition coefficient (Wildman–Crippen LogP) is 3.71. The molecule has 0 radical (unpaired) electrons. The summed E-state index contributed by atoms with van der Waals surface area (Å²) in [6, 6.07) is 15.4. The van der Waals surface area contributed by atoms with E-state index in [1.807, 2.05) is 60.4 Å². The van der Waals surface area contributed by atoms with Gasteiger partial charge in [0.05, 0.1) is 16.1 Å². The Bertz CT molecular complexity index is 1310. The number of rotatable bonds is 5. The molecule has 166 valence electrons. The van der Waals surface area contributed by atoms with Crippen molar-refractivity contribution in [2.45, 2.75) is 6.92 Å². The number of benzene rings is 1. The van der Waals surface area contributed by atoms with Crippen LogP contribution in [0.3, 0.4) is 0 Å². The molecule has 0 unspecified atom stereocenters. The van der Waals surface area contributed by atoms with Gasteiger partial charge in [0.25, 0.3) is 0 Å². The number of hydrogen-bond donors (Lipinski definition) is 1. The molecular weight excluding hydrogens is 420 g/mol. The minimum absolute atomic E-state index is 0.145. The average molecular weight is 442 g/mol. The van der Waals surface area contributed by atoms with Gasteiger partial charge in [0.1, 0.15) is 12.1 Å². The fraction of sp³-hybridized carbons (Fsp3) is 0.217. The maximum absolute atomic E-state index is 12.1. The lowest BCUT2D eigenvalue weighted by atomic mass is 10.1. The van der Waals surface area contributed by atoms with E-state index in [0.29, 0.717) is 37.7 Å². The van der Waals surface area contributed by atoms with Crippen LogP contribution in [0.15, 0.2) is 61.1 Å². The average Bonchev–Trinajstić information content (AvgIpc) is 2.85. The number of anilines is 4. The Morgan fingerprint density at radius 3 is 2.52 bits per heavy atom. The highest BCUT2D eigenvalue weighted by Gasteiger charge is 2.30. The molecule has 0 spiro atoms. The molecule has 3 aromatic heterocycles. The van der Waals surface area contributed by atoms with Crippen molar-refractivity contribution in [3.8, 4) is 0 Å². The van der Waals surface area contributed by atoms with Gasteiger partial charge in [-0.05, 0) is 31.2 Å². The van der Waals surface area contributed by atoms with Crippen molar-refractivity contribution in [2.75, 3.05) is 41.3 Å². The molecule has 1 N–H and O–H groups in total. The highest BCUT2D eigenvalue weighted by atomic mass is 16.6. The molecule has 4 heterocycles. The van der Waals surface area contributed by atoms with E-state index >= 15 is 0 Å². The number of nitrogens with one attached hydrogen (secondary N) is 1. The third kappa shape index (κ3) is 4.10. The van der Waals surface area contributed by atoms with Crippen LogP contribution < -0.4 is 15.1 Å². The number of aryl methyl sites for hydroxylation is 1. The second-order valence-corrected chi connectivity index (χ2v) is 7.77. The number of para-hydroxylation sites is 1. The molecule has 10 nitrogen and oxygen atoms in total. The smallest absolute Gasteiger partial charge is 0.353 e. The number of nitrogens with zero attached hydrogens (tertiary/aromatic N) is 7. The van der Waals surface area contributed by atoms with Crippen LogP contribution >= 0.6 is 0 Å². The van der Waals surface area contributed by atoms with Gasteiger partial charge in [0.2, 0.25) is 11.6 Å². The summed E-state index contributed by atoms with van der Waals surface area (Å²) < 4.78 is 0. The van der Waals surface area contributed by atoms with Crippen molar-refractivity contribution < 1.29 is 4.92 Å². The Balaban J connectivity index is 1.44. The third-order valence-electron chi connectivity index (χ3n) is 5.65. The molecule has 1 saturated heterocycles. The molecule has 0 bridgehead atoms. The molecule has 0 atom stereocenters. The summed E-state index contributed by atoms with van der Waals surface area (Å²) in [5.41, 5.74) is 2.11. The van der Waals surface area contributed by atoms with Crippen molar-refractivity contribution in [2.24, 2.45) is 0 Å². The monoisotopic (exact) mass is 442 g/mol. The van der Waals surface area contributed by atoms with Crippen molar-refractivity contribution in [1.29, 1.82) is 0 Å². The molecular formula is C23H22N8O2. The number of piperazine rings is 1. The van der Waals surface area contributed by atoms with Crippen molar-refractivity contribution >= 4 is 39.7 Å². The normalized spacial score (nSPS) is 13.8. The zero-order chi connectivity index (χ0) is 22.8. The number of fused-ring (bicyclic) bond motifs is 1. The van der Waals surface area contributed by atoms with Crippen LogP contribution in [0.2, 0.25) is 0 Å².